The minimum Gasteiger partial charge on any atom is -0.480 e. The van der Waals surface area contributed by atoms with Crippen molar-refractivity contribution in [2.24, 2.45) is 11.7 Å². The van der Waals surface area contributed by atoms with Gasteiger partial charge in [-0.3, -0.25) is 4.79 Å². The molecule has 1 aliphatic rings. The summed E-state index contributed by atoms with van der Waals surface area (Å²) in [5.41, 5.74) is 6.31. The van der Waals surface area contributed by atoms with Gasteiger partial charge in [0.2, 0.25) is 0 Å². The number of hydrogen-bond acceptors (Lipinski definition) is 3. The number of amides is 1. The van der Waals surface area contributed by atoms with Crippen LogP contribution >= 0.6 is 15.9 Å². The van der Waals surface area contributed by atoms with E-state index in [0.717, 1.165) is 10.9 Å². The maximum atomic E-state index is 11.5. The zero-order chi connectivity index (χ0) is 14.2. The summed E-state index contributed by atoms with van der Waals surface area (Å²) in [6, 6.07) is 4.53. The first kappa shape index (κ1) is 13.9. The van der Waals surface area contributed by atoms with Crippen LogP contribution in [0.25, 0.3) is 0 Å². The molecule has 1 aliphatic heterocycles. The Labute approximate surface area is 119 Å². The second-order valence-electron chi connectivity index (χ2n) is 4.77. The van der Waals surface area contributed by atoms with Crippen molar-refractivity contribution in [2.45, 2.75) is 19.4 Å². The van der Waals surface area contributed by atoms with E-state index in [2.05, 4.69) is 15.9 Å². The fourth-order valence-electron chi connectivity index (χ4n) is 2.55. The third-order valence-corrected chi connectivity index (χ3v) is 3.98. The molecule has 1 saturated heterocycles. The van der Waals surface area contributed by atoms with Crippen LogP contribution in [0.5, 0.6) is 0 Å². The summed E-state index contributed by atoms with van der Waals surface area (Å²) < 4.78 is 0.740. The van der Waals surface area contributed by atoms with Crippen LogP contribution in [0.4, 0.5) is 5.69 Å². The van der Waals surface area contributed by atoms with E-state index in [9.17, 15) is 14.7 Å². The lowest BCUT2D eigenvalue weighted by Gasteiger charge is -2.27. The standard InChI is InChI=1S/C13H15BrN2O3/c1-7-4-5-16(11(7)13(18)19)10-3-2-8(14)6-9(10)12(15)17/h2-3,6-7,11H,4-5H2,1H3,(H2,15,17)(H,18,19). The Morgan fingerprint density at radius 2 is 2.16 bits per heavy atom. The quantitative estimate of drug-likeness (QED) is 0.887. The maximum Gasteiger partial charge on any atom is 0.326 e. The Morgan fingerprint density at radius 1 is 1.47 bits per heavy atom. The zero-order valence-electron chi connectivity index (χ0n) is 10.5. The van der Waals surface area contributed by atoms with Crippen LogP contribution in [0.15, 0.2) is 22.7 Å². The molecule has 1 aromatic rings. The first-order valence-electron chi connectivity index (χ1n) is 6.00. The van der Waals surface area contributed by atoms with E-state index in [1.165, 1.54) is 0 Å². The molecule has 2 unspecified atom stereocenters. The number of aliphatic carboxylic acids is 1. The van der Waals surface area contributed by atoms with Crippen molar-refractivity contribution in [3.8, 4) is 0 Å². The summed E-state index contributed by atoms with van der Waals surface area (Å²) in [5, 5.41) is 9.33. The van der Waals surface area contributed by atoms with E-state index < -0.39 is 17.9 Å². The molecular weight excluding hydrogens is 312 g/mol. The number of halogens is 1. The predicted octanol–water partition coefficient (Wildman–Crippen LogP) is 1.85. The van der Waals surface area contributed by atoms with E-state index in [1.807, 2.05) is 6.92 Å². The topological polar surface area (TPSA) is 83.6 Å². The molecule has 3 N–H and O–H groups in total. The molecule has 1 aromatic carbocycles. The van der Waals surface area contributed by atoms with Gasteiger partial charge >= 0.3 is 5.97 Å². The lowest BCUT2D eigenvalue weighted by molar-refractivity contribution is -0.139. The molecule has 5 nitrogen and oxygen atoms in total. The fourth-order valence-corrected chi connectivity index (χ4v) is 2.91. The summed E-state index contributed by atoms with van der Waals surface area (Å²) >= 11 is 3.29. The number of nitrogens with zero attached hydrogens (tertiary/aromatic N) is 1. The molecule has 1 amide bonds. The van der Waals surface area contributed by atoms with E-state index >= 15 is 0 Å². The number of rotatable bonds is 3. The van der Waals surface area contributed by atoms with Gasteiger partial charge in [0.1, 0.15) is 6.04 Å². The Morgan fingerprint density at radius 3 is 2.74 bits per heavy atom. The molecule has 0 bridgehead atoms. The van der Waals surface area contributed by atoms with E-state index in [-0.39, 0.29) is 5.92 Å². The number of carboxylic acid groups (broad SMARTS) is 1. The lowest BCUT2D eigenvalue weighted by Crippen LogP contribution is -2.40. The van der Waals surface area contributed by atoms with Crippen LogP contribution in [-0.4, -0.2) is 29.6 Å². The number of carbonyl (C=O) groups is 2. The highest BCUT2D eigenvalue weighted by atomic mass is 79.9. The number of carboxylic acids is 1. The molecule has 1 heterocycles. The molecule has 2 atom stereocenters. The van der Waals surface area contributed by atoms with Crippen molar-refractivity contribution in [2.75, 3.05) is 11.4 Å². The second kappa shape index (κ2) is 5.21. The van der Waals surface area contributed by atoms with Gasteiger partial charge in [0.25, 0.3) is 5.91 Å². The highest BCUT2D eigenvalue weighted by Gasteiger charge is 2.38. The third kappa shape index (κ3) is 2.58. The van der Waals surface area contributed by atoms with Crippen LogP contribution in [-0.2, 0) is 4.79 Å². The third-order valence-electron chi connectivity index (χ3n) is 3.49. The number of hydrogen-bond donors (Lipinski definition) is 2. The van der Waals surface area contributed by atoms with E-state index in [4.69, 9.17) is 5.73 Å². The van der Waals surface area contributed by atoms with Gasteiger partial charge in [0.05, 0.1) is 11.3 Å². The van der Waals surface area contributed by atoms with Gasteiger partial charge in [0.15, 0.2) is 0 Å². The van der Waals surface area contributed by atoms with Crippen molar-refractivity contribution >= 4 is 33.5 Å². The number of benzene rings is 1. The molecule has 0 aromatic heterocycles. The summed E-state index contributed by atoms with van der Waals surface area (Å²) in [4.78, 5) is 24.6. The van der Waals surface area contributed by atoms with Crippen molar-refractivity contribution in [3.05, 3.63) is 28.2 Å². The molecule has 0 radical (unpaired) electrons. The zero-order valence-corrected chi connectivity index (χ0v) is 12.1. The van der Waals surface area contributed by atoms with Crippen molar-refractivity contribution in [3.63, 3.8) is 0 Å². The molecule has 0 aliphatic carbocycles. The molecule has 19 heavy (non-hydrogen) atoms. The van der Waals surface area contributed by atoms with Crippen LogP contribution in [0.1, 0.15) is 23.7 Å². The molecule has 0 saturated carbocycles. The van der Waals surface area contributed by atoms with Crippen LogP contribution in [0.3, 0.4) is 0 Å². The van der Waals surface area contributed by atoms with Gasteiger partial charge in [-0.15, -0.1) is 0 Å². The lowest BCUT2D eigenvalue weighted by atomic mass is 10.0. The smallest absolute Gasteiger partial charge is 0.326 e. The van der Waals surface area contributed by atoms with Crippen LogP contribution < -0.4 is 10.6 Å². The number of primary amides is 1. The molecule has 1 fully saturated rings. The summed E-state index contributed by atoms with van der Waals surface area (Å²) in [6.07, 6.45) is 0.783. The number of anilines is 1. The highest BCUT2D eigenvalue weighted by molar-refractivity contribution is 9.10. The number of carbonyl (C=O) groups excluding carboxylic acids is 1. The van der Waals surface area contributed by atoms with E-state index in [0.29, 0.717) is 17.8 Å². The summed E-state index contributed by atoms with van der Waals surface area (Å²) in [6.45, 7) is 2.52. The average molecular weight is 327 g/mol. The summed E-state index contributed by atoms with van der Waals surface area (Å²) in [7, 11) is 0. The Bertz CT molecular complexity index is 533. The van der Waals surface area contributed by atoms with Crippen molar-refractivity contribution in [1.29, 1.82) is 0 Å². The monoisotopic (exact) mass is 326 g/mol. The molecule has 6 heteroatoms. The largest absolute Gasteiger partial charge is 0.480 e. The average Bonchev–Trinajstić information content (AvgIpc) is 2.70. The van der Waals surface area contributed by atoms with Gasteiger partial charge in [0, 0.05) is 11.0 Å². The maximum absolute atomic E-state index is 11.5. The Balaban J connectivity index is 2.47. The second-order valence-corrected chi connectivity index (χ2v) is 5.68. The van der Waals surface area contributed by atoms with Gasteiger partial charge in [-0.05, 0) is 30.5 Å². The normalized spacial score (nSPS) is 22.5. The van der Waals surface area contributed by atoms with E-state index in [1.54, 1.807) is 23.1 Å². The minimum atomic E-state index is -0.872. The molecule has 102 valence electrons. The van der Waals surface area contributed by atoms with Crippen LogP contribution in [0.2, 0.25) is 0 Å². The first-order chi connectivity index (χ1) is 8.91. The van der Waals surface area contributed by atoms with Gasteiger partial charge in [-0.25, -0.2) is 4.79 Å². The van der Waals surface area contributed by atoms with Crippen molar-refractivity contribution in [1.82, 2.24) is 0 Å². The highest BCUT2D eigenvalue weighted by Crippen LogP contribution is 2.33. The predicted molar refractivity (Wildman–Crippen MR) is 75.2 cm³/mol. The van der Waals surface area contributed by atoms with Gasteiger partial charge in [-0.1, -0.05) is 22.9 Å². The van der Waals surface area contributed by atoms with Gasteiger partial charge < -0.3 is 15.7 Å². The molecule has 0 spiro atoms. The van der Waals surface area contributed by atoms with Gasteiger partial charge in [-0.2, -0.15) is 0 Å². The van der Waals surface area contributed by atoms with Crippen molar-refractivity contribution < 1.29 is 14.7 Å². The fraction of sp³-hybridized carbons (Fsp3) is 0.385. The number of nitrogens with two attached hydrogens (primary N) is 1. The Hall–Kier alpha value is -1.56. The summed E-state index contributed by atoms with van der Waals surface area (Å²) in [5.74, 6) is -1.38. The SMILES string of the molecule is CC1CCN(c2ccc(Br)cc2C(N)=O)C1C(=O)O. The Kier molecular flexibility index (Phi) is 3.80. The molecular formula is C13H15BrN2O3. The molecule has 2 rings (SSSR count). The minimum absolute atomic E-state index is 0.0434. The first-order valence-corrected chi connectivity index (χ1v) is 6.80. The van der Waals surface area contributed by atoms with Crippen LogP contribution in [0, 0.1) is 5.92 Å².